The number of hydrogen-bond donors (Lipinski definition) is 2. The fourth-order valence-electron chi connectivity index (χ4n) is 0.524. The van der Waals surface area contributed by atoms with Gasteiger partial charge in [0.25, 0.3) is 0 Å². The van der Waals surface area contributed by atoms with Crippen LogP contribution in [0.5, 0.6) is 0 Å². The number of nitrogens with zero attached hydrogens (tertiary/aromatic N) is 1. The van der Waals surface area contributed by atoms with E-state index < -0.39 is 0 Å². The van der Waals surface area contributed by atoms with Crippen LogP contribution >= 0.6 is 0 Å². The molecule has 3 nitrogen and oxygen atoms in total. The SMILES string of the molecule is C#CCNC(=NC)NCC=C. The van der Waals surface area contributed by atoms with E-state index in [0.29, 0.717) is 19.0 Å². The van der Waals surface area contributed by atoms with Gasteiger partial charge in [0.1, 0.15) is 0 Å². The molecule has 0 heterocycles. The highest BCUT2D eigenvalue weighted by molar-refractivity contribution is 5.79. The molecule has 0 radical (unpaired) electrons. The van der Waals surface area contributed by atoms with Gasteiger partial charge in [0.15, 0.2) is 5.96 Å². The van der Waals surface area contributed by atoms with Gasteiger partial charge in [-0.2, -0.15) is 0 Å². The van der Waals surface area contributed by atoms with Crippen molar-refractivity contribution in [2.45, 2.75) is 0 Å². The second-order valence-corrected chi connectivity index (χ2v) is 1.80. The molecule has 3 heteroatoms. The van der Waals surface area contributed by atoms with Crippen LogP contribution in [0.4, 0.5) is 0 Å². The largest absolute Gasteiger partial charge is 0.353 e. The maximum Gasteiger partial charge on any atom is 0.191 e. The predicted octanol–water partition coefficient (Wildman–Crippen LogP) is -0.0294. The summed E-state index contributed by atoms with van der Waals surface area (Å²) < 4.78 is 0. The maximum absolute atomic E-state index is 5.04. The summed E-state index contributed by atoms with van der Waals surface area (Å²) in [7, 11) is 1.69. The summed E-state index contributed by atoms with van der Waals surface area (Å²) in [4.78, 5) is 3.91. The Balaban J connectivity index is 3.61. The van der Waals surface area contributed by atoms with Crippen molar-refractivity contribution in [1.29, 1.82) is 0 Å². The molecule has 11 heavy (non-hydrogen) atoms. The molecule has 0 aromatic rings. The minimum Gasteiger partial charge on any atom is -0.353 e. The van der Waals surface area contributed by atoms with Gasteiger partial charge in [-0.1, -0.05) is 12.0 Å². The Kier molecular flexibility index (Phi) is 5.82. The molecule has 0 amide bonds. The highest BCUT2D eigenvalue weighted by Crippen LogP contribution is 1.66. The molecule has 0 saturated carbocycles. The molecule has 0 rings (SSSR count). The van der Waals surface area contributed by atoms with Gasteiger partial charge in [-0.3, -0.25) is 4.99 Å². The molecule has 2 N–H and O–H groups in total. The van der Waals surface area contributed by atoms with E-state index in [2.05, 4.69) is 28.1 Å². The lowest BCUT2D eigenvalue weighted by atomic mass is 10.6. The zero-order chi connectivity index (χ0) is 8.53. The van der Waals surface area contributed by atoms with Crippen molar-refractivity contribution < 1.29 is 0 Å². The van der Waals surface area contributed by atoms with E-state index in [1.165, 1.54) is 0 Å². The van der Waals surface area contributed by atoms with Crippen molar-refractivity contribution in [1.82, 2.24) is 10.6 Å². The highest BCUT2D eigenvalue weighted by Gasteiger charge is 1.89. The third-order valence-corrected chi connectivity index (χ3v) is 0.995. The number of guanidine groups is 1. The van der Waals surface area contributed by atoms with Crippen molar-refractivity contribution in [3.8, 4) is 12.3 Å². The normalized spacial score (nSPS) is 10.0. The van der Waals surface area contributed by atoms with E-state index in [9.17, 15) is 0 Å². The zero-order valence-electron chi connectivity index (χ0n) is 6.72. The standard InChI is InChI=1S/C8H13N3/c1-4-6-10-8(9-3)11-7-5-2/h1,5H,2,6-7H2,3H3,(H2,9,10,11). The minimum absolute atomic E-state index is 0.483. The van der Waals surface area contributed by atoms with E-state index in [1.807, 2.05) is 0 Å². The summed E-state index contributed by atoms with van der Waals surface area (Å²) in [5.41, 5.74) is 0. The summed E-state index contributed by atoms with van der Waals surface area (Å²) in [6.45, 7) is 4.73. The molecule has 0 saturated heterocycles. The van der Waals surface area contributed by atoms with E-state index in [4.69, 9.17) is 6.42 Å². The lowest BCUT2D eigenvalue weighted by molar-refractivity contribution is 0.922. The average Bonchev–Trinajstić information content (AvgIpc) is 2.05. The third-order valence-electron chi connectivity index (χ3n) is 0.995. The molecule has 0 aromatic carbocycles. The van der Waals surface area contributed by atoms with Crippen LogP contribution < -0.4 is 10.6 Å². The Hall–Kier alpha value is -1.43. The van der Waals surface area contributed by atoms with Crippen LogP contribution in [-0.4, -0.2) is 26.1 Å². The van der Waals surface area contributed by atoms with Gasteiger partial charge in [-0.05, 0) is 0 Å². The molecule has 0 bridgehead atoms. The number of hydrogen-bond acceptors (Lipinski definition) is 1. The fraction of sp³-hybridized carbons (Fsp3) is 0.375. The van der Waals surface area contributed by atoms with Crippen molar-refractivity contribution in [3.63, 3.8) is 0 Å². The van der Waals surface area contributed by atoms with E-state index in [1.54, 1.807) is 13.1 Å². The van der Waals surface area contributed by atoms with Crippen LogP contribution in [0.3, 0.4) is 0 Å². The Labute approximate surface area is 67.6 Å². The van der Waals surface area contributed by atoms with Crippen LogP contribution in [0, 0.1) is 12.3 Å². The monoisotopic (exact) mass is 151 g/mol. The minimum atomic E-state index is 0.483. The number of rotatable bonds is 3. The Bertz CT molecular complexity index is 176. The summed E-state index contributed by atoms with van der Waals surface area (Å²) in [6.07, 6.45) is 6.80. The predicted molar refractivity (Wildman–Crippen MR) is 48.4 cm³/mol. The van der Waals surface area contributed by atoms with E-state index >= 15 is 0 Å². The molecule has 0 atom stereocenters. The first-order chi connectivity index (χ1) is 5.35. The maximum atomic E-state index is 5.04. The highest BCUT2D eigenvalue weighted by atomic mass is 15.2. The fourth-order valence-corrected chi connectivity index (χ4v) is 0.524. The number of nitrogens with one attached hydrogen (secondary N) is 2. The lowest BCUT2D eigenvalue weighted by Crippen LogP contribution is -2.37. The summed E-state index contributed by atoms with van der Waals surface area (Å²) >= 11 is 0. The molecular formula is C8H13N3. The molecule has 0 unspecified atom stereocenters. The lowest BCUT2D eigenvalue weighted by Gasteiger charge is -2.06. The first kappa shape index (κ1) is 9.57. The Morgan fingerprint density at radius 2 is 2.45 bits per heavy atom. The van der Waals surface area contributed by atoms with Gasteiger partial charge in [-0.15, -0.1) is 13.0 Å². The Morgan fingerprint density at radius 3 is 2.91 bits per heavy atom. The van der Waals surface area contributed by atoms with Crippen molar-refractivity contribution >= 4 is 5.96 Å². The Morgan fingerprint density at radius 1 is 1.73 bits per heavy atom. The van der Waals surface area contributed by atoms with Gasteiger partial charge in [0.2, 0.25) is 0 Å². The smallest absolute Gasteiger partial charge is 0.191 e. The molecule has 60 valence electrons. The molecule has 0 spiro atoms. The molecule has 0 fully saturated rings. The molecule has 0 aliphatic heterocycles. The second-order valence-electron chi connectivity index (χ2n) is 1.80. The topological polar surface area (TPSA) is 36.4 Å². The van der Waals surface area contributed by atoms with Crippen molar-refractivity contribution in [2.75, 3.05) is 20.1 Å². The first-order valence-corrected chi connectivity index (χ1v) is 3.34. The molecule has 0 aliphatic rings. The second kappa shape index (κ2) is 6.69. The van der Waals surface area contributed by atoms with Gasteiger partial charge in [-0.25, -0.2) is 0 Å². The van der Waals surface area contributed by atoms with Gasteiger partial charge < -0.3 is 10.6 Å². The van der Waals surface area contributed by atoms with Crippen molar-refractivity contribution in [2.24, 2.45) is 4.99 Å². The summed E-state index contributed by atoms with van der Waals surface area (Å²) in [6, 6.07) is 0. The van der Waals surface area contributed by atoms with Gasteiger partial charge in [0, 0.05) is 13.6 Å². The first-order valence-electron chi connectivity index (χ1n) is 3.34. The number of aliphatic imine (C=N–C) groups is 1. The van der Waals surface area contributed by atoms with Crippen LogP contribution in [-0.2, 0) is 0 Å². The van der Waals surface area contributed by atoms with E-state index in [-0.39, 0.29) is 0 Å². The van der Waals surface area contributed by atoms with Crippen LogP contribution in [0.2, 0.25) is 0 Å². The molecular weight excluding hydrogens is 138 g/mol. The molecule has 0 aliphatic carbocycles. The van der Waals surface area contributed by atoms with Crippen LogP contribution in [0.1, 0.15) is 0 Å². The number of terminal acetylenes is 1. The third kappa shape index (κ3) is 5.04. The van der Waals surface area contributed by atoms with E-state index in [0.717, 1.165) is 0 Å². The summed E-state index contributed by atoms with van der Waals surface area (Å²) in [5, 5.41) is 5.89. The molecule has 0 aromatic heterocycles. The zero-order valence-corrected chi connectivity index (χ0v) is 6.72. The quantitative estimate of drug-likeness (QED) is 0.257. The average molecular weight is 151 g/mol. The van der Waals surface area contributed by atoms with Crippen LogP contribution in [0.15, 0.2) is 17.6 Å². The summed E-state index contributed by atoms with van der Waals surface area (Å²) in [5.74, 6) is 3.15. The van der Waals surface area contributed by atoms with Gasteiger partial charge >= 0.3 is 0 Å². The van der Waals surface area contributed by atoms with Gasteiger partial charge in [0.05, 0.1) is 6.54 Å². The van der Waals surface area contributed by atoms with Crippen LogP contribution in [0.25, 0.3) is 0 Å². The van der Waals surface area contributed by atoms with Crippen molar-refractivity contribution in [3.05, 3.63) is 12.7 Å².